The van der Waals surface area contributed by atoms with Crippen LogP contribution in [0.5, 0.6) is 0 Å². The zero-order chi connectivity index (χ0) is 34.6. The second-order valence-electron chi connectivity index (χ2n) is 13.7. The molecule has 0 aliphatic rings. The number of anilines is 3. The second kappa shape index (κ2) is 10.8. The zero-order valence-electron chi connectivity index (χ0n) is 28.3. The molecule has 0 aliphatic heterocycles. The number of thiophene rings is 1. The van der Waals surface area contributed by atoms with Gasteiger partial charge in [0.2, 0.25) is 0 Å². The highest BCUT2D eigenvalue weighted by Gasteiger charge is 2.22. The molecule has 53 heavy (non-hydrogen) atoms. The summed E-state index contributed by atoms with van der Waals surface area (Å²) in [4.78, 5) is 2.35. The Balaban J connectivity index is 1.10. The van der Waals surface area contributed by atoms with Gasteiger partial charge in [0.25, 0.3) is 0 Å². The highest BCUT2D eigenvalue weighted by Crippen LogP contribution is 2.47. The summed E-state index contributed by atoms with van der Waals surface area (Å²) in [7, 11) is 0. The average Bonchev–Trinajstić information content (AvgIpc) is 3.97. The van der Waals surface area contributed by atoms with E-state index in [1.54, 1.807) is 0 Å². The van der Waals surface area contributed by atoms with E-state index < -0.39 is 0 Å². The molecule has 4 aromatic heterocycles. The molecule has 0 bridgehead atoms. The Morgan fingerprint density at radius 3 is 1.75 bits per heavy atom. The summed E-state index contributed by atoms with van der Waals surface area (Å²) in [5.74, 6) is 0. The minimum atomic E-state index is 0.837. The Morgan fingerprint density at radius 1 is 0.415 bits per heavy atom. The predicted molar refractivity (Wildman–Crippen MR) is 223 cm³/mol. The standard InChI is InChI=1S/C48H28N2O2S/c1-5-17-39-31(11-1)32-12-2-6-18-40(32)50(39)41-19-9-15-37-35-26-24-30(28-45(35)52-47(37)41)49(29-23-25-34-33-13-3-7-21-43(33)51-44(34)27-29)42-20-10-16-38-36-14-4-8-22-46(36)53-48(38)42/h1-28H. The lowest BCUT2D eigenvalue weighted by atomic mass is 10.1. The van der Waals surface area contributed by atoms with Crippen molar-refractivity contribution >= 4 is 114 Å². The van der Waals surface area contributed by atoms with Crippen molar-refractivity contribution in [2.75, 3.05) is 4.90 Å². The van der Waals surface area contributed by atoms with Crippen molar-refractivity contribution in [2.45, 2.75) is 0 Å². The molecule has 0 N–H and O–H groups in total. The fourth-order valence-corrected chi connectivity index (χ4v) is 9.66. The molecule has 0 amide bonds. The molecular formula is C48H28N2O2S. The van der Waals surface area contributed by atoms with Crippen LogP contribution in [-0.2, 0) is 0 Å². The topological polar surface area (TPSA) is 34.5 Å². The average molecular weight is 697 g/mol. The molecule has 12 aromatic rings. The van der Waals surface area contributed by atoms with Gasteiger partial charge in [0.05, 0.1) is 27.1 Å². The number of aromatic nitrogens is 1. The van der Waals surface area contributed by atoms with Crippen molar-refractivity contribution in [3.8, 4) is 5.69 Å². The molecule has 4 nitrogen and oxygen atoms in total. The van der Waals surface area contributed by atoms with Gasteiger partial charge in [-0.15, -0.1) is 11.3 Å². The first kappa shape index (κ1) is 28.8. The van der Waals surface area contributed by atoms with Gasteiger partial charge in [-0.05, 0) is 60.7 Å². The molecule has 0 radical (unpaired) electrons. The van der Waals surface area contributed by atoms with Crippen molar-refractivity contribution < 1.29 is 8.83 Å². The number of nitrogens with zero attached hydrogens (tertiary/aromatic N) is 2. The lowest BCUT2D eigenvalue weighted by molar-refractivity contribution is 0.666. The number of hydrogen-bond acceptors (Lipinski definition) is 4. The van der Waals surface area contributed by atoms with E-state index in [2.05, 4.69) is 167 Å². The first-order valence-corrected chi connectivity index (χ1v) is 18.7. The third kappa shape index (κ3) is 4.11. The van der Waals surface area contributed by atoms with E-state index in [4.69, 9.17) is 8.83 Å². The van der Waals surface area contributed by atoms with Crippen molar-refractivity contribution in [1.82, 2.24) is 4.57 Å². The minimum Gasteiger partial charge on any atom is -0.456 e. The van der Waals surface area contributed by atoms with Crippen LogP contribution in [0.3, 0.4) is 0 Å². The number of fused-ring (bicyclic) bond motifs is 12. The van der Waals surface area contributed by atoms with Crippen molar-refractivity contribution in [2.24, 2.45) is 0 Å². The summed E-state index contributed by atoms with van der Waals surface area (Å²) in [6.07, 6.45) is 0. The SMILES string of the molecule is c1ccc2c(c1)oc1cc(N(c3ccc4c(c3)oc3c(-n5c6ccccc6c6ccccc65)cccc34)c3cccc4c3sc3ccccc34)ccc12. The van der Waals surface area contributed by atoms with E-state index in [0.717, 1.165) is 77.7 Å². The second-order valence-corrected chi connectivity index (χ2v) is 14.7. The molecule has 12 rings (SSSR count). The van der Waals surface area contributed by atoms with Crippen molar-refractivity contribution in [3.63, 3.8) is 0 Å². The Labute approximate surface area is 306 Å². The number of furan rings is 2. The van der Waals surface area contributed by atoms with Crippen LogP contribution in [0.4, 0.5) is 17.1 Å². The molecule has 0 atom stereocenters. The van der Waals surface area contributed by atoms with Gasteiger partial charge in [-0.1, -0.05) is 97.1 Å². The van der Waals surface area contributed by atoms with Crippen molar-refractivity contribution in [1.29, 1.82) is 0 Å². The Kier molecular flexibility index (Phi) is 5.90. The molecule has 248 valence electrons. The van der Waals surface area contributed by atoms with E-state index in [9.17, 15) is 0 Å². The third-order valence-electron chi connectivity index (χ3n) is 10.8. The Bertz CT molecular complexity index is 3380. The van der Waals surface area contributed by atoms with E-state index >= 15 is 0 Å². The van der Waals surface area contributed by atoms with Gasteiger partial charge in [0, 0.05) is 71.3 Å². The molecule has 0 unspecified atom stereocenters. The summed E-state index contributed by atoms with van der Waals surface area (Å²) in [6.45, 7) is 0. The maximum Gasteiger partial charge on any atom is 0.159 e. The monoisotopic (exact) mass is 696 g/mol. The van der Waals surface area contributed by atoms with Gasteiger partial charge in [-0.2, -0.15) is 0 Å². The van der Waals surface area contributed by atoms with E-state index in [-0.39, 0.29) is 0 Å². The molecular weight excluding hydrogens is 669 g/mol. The van der Waals surface area contributed by atoms with Gasteiger partial charge < -0.3 is 18.3 Å². The van der Waals surface area contributed by atoms with Crippen LogP contribution in [0.1, 0.15) is 0 Å². The predicted octanol–water partition coefficient (Wildman–Crippen LogP) is 14.4. The van der Waals surface area contributed by atoms with Crippen LogP contribution < -0.4 is 4.90 Å². The maximum absolute atomic E-state index is 6.95. The molecule has 8 aromatic carbocycles. The molecule has 0 aliphatic carbocycles. The summed E-state index contributed by atoms with van der Waals surface area (Å²) in [5.41, 5.74) is 9.94. The van der Waals surface area contributed by atoms with Crippen LogP contribution in [0.2, 0.25) is 0 Å². The number of para-hydroxylation sites is 4. The fraction of sp³-hybridized carbons (Fsp3) is 0. The number of rotatable bonds is 4. The van der Waals surface area contributed by atoms with E-state index in [1.165, 1.54) is 30.9 Å². The molecule has 5 heteroatoms. The van der Waals surface area contributed by atoms with Gasteiger partial charge in [-0.3, -0.25) is 0 Å². The van der Waals surface area contributed by atoms with Crippen LogP contribution in [-0.4, -0.2) is 4.57 Å². The molecule has 4 heterocycles. The van der Waals surface area contributed by atoms with E-state index in [1.807, 2.05) is 23.5 Å². The maximum atomic E-state index is 6.95. The smallest absolute Gasteiger partial charge is 0.159 e. The lowest BCUT2D eigenvalue weighted by Gasteiger charge is -2.26. The van der Waals surface area contributed by atoms with E-state index in [0.29, 0.717) is 0 Å². The molecule has 0 saturated heterocycles. The fourth-order valence-electron chi connectivity index (χ4n) is 8.46. The zero-order valence-corrected chi connectivity index (χ0v) is 29.1. The third-order valence-corrected chi connectivity index (χ3v) is 12.0. The summed E-state index contributed by atoms with van der Waals surface area (Å²) < 4.78 is 18.2. The molecule has 0 spiro atoms. The van der Waals surface area contributed by atoms with Crippen LogP contribution in [0.25, 0.3) is 91.5 Å². The summed E-state index contributed by atoms with van der Waals surface area (Å²) >= 11 is 1.83. The van der Waals surface area contributed by atoms with Gasteiger partial charge >= 0.3 is 0 Å². The number of benzene rings is 8. The largest absolute Gasteiger partial charge is 0.456 e. The molecule has 0 saturated carbocycles. The first-order valence-electron chi connectivity index (χ1n) is 17.8. The first-order chi connectivity index (χ1) is 26.3. The normalized spacial score (nSPS) is 12.2. The summed E-state index contributed by atoms with van der Waals surface area (Å²) in [6, 6.07) is 60.5. The highest BCUT2D eigenvalue weighted by molar-refractivity contribution is 7.26. The Hall–Kier alpha value is -6.82. The van der Waals surface area contributed by atoms with Gasteiger partial charge in [0.15, 0.2) is 5.58 Å². The van der Waals surface area contributed by atoms with Crippen LogP contribution in [0.15, 0.2) is 179 Å². The van der Waals surface area contributed by atoms with Crippen molar-refractivity contribution in [3.05, 3.63) is 170 Å². The summed E-state index contributed by atoms with van der Waals surface area (Å²) in [5, 5.41) is 9.37. The molecule has 0 fully saturated rings. The van der Waals surface area contributed by atoms with Crippen LogP contribution in [0, 0.1) is 0 Å². The van der Waals surface area contributed by atoms with Gasteiger partial charge in [0.1, 0.15) is 16.7 Å². The number of hydrogen-bond donors (Lipinski definition) is 0. The minimum absolute atomic E-state index is 0.837. The van der Waals surface area contributed by atoms with Gasteiger partial charge in [-0.25, -0.2) is 0 Å². The Morgan fingerprint density at radius 2 is 0.981 bits per heavy atom. The quantitative estimate of drug-likeness (QED) is 0.184. The van der Waals surface area contributed by atoms with Crippen LogP contribution >= 0.6 is 11.3 Å². The lowest BCUT2D eigenvalue weighted by Crippen LogP contribution is -2.09. The highest BCUT2D eigenvalue weighted by atomic mass is 32.1.